The molecule has 0 unspecified atom stereocenters. The Morgan fingerprint density at radius 2 is 2.07 bits per heavy atom. The van der Waals surface area contributed by atoms with E-state index in [9.17, 15) is 14.7 Å². The zero-order valence-corrected chi connectivity index (χ0v) is 16.8. The van der Waals surface area contributed by atoms with Gasteiger partial charge in [-0.3, -0.25) is 4.79 Å². The number of benzene rings is 1. The summed E-state index contributed by atoms with van der Waals surface area (Å²) in [4.78, 5) is 28.5. The number of aliphatic imine (C=N–C) groups is 1. The summed E-state index contributed by atoms with van der Waals surface area (Å²) in [6.45, 7) is 3.66. The number of ether oxygens (including phenoxy) is 2. The first kappa shape index (κ1) is 21.1. The van der Waals surface area contributed by atoms with E-state index in [-0.39, 0.29) is 35.3 Å². The molecule has 27 heavy (non-hydrogen) atoms. The number of aliphatic hydroxyl groups excluding tert-OH is 1. The zero-order chi connectivity index (χ0) is 20.0. The van der Waals surface area contributed by atoms with Crippen molar-refractivity contribution in [2.45, 2.75) is 26.7 Å². The Bertz CT molecular complexity index is 845. The highest BCUT2D eigenvalue weighted by atomic mass is 35.5. The van der Waals surface area contributed by atoms with Crippen LogP contribution in [0.15, 0.2) is 39.4 Å². The Hall–Kier alpha value is -2.25. The van der Waals surface area contributed by atoms with Crippen molar-refractivity contribution in [2.24, 2.45) is 4.99 Å². The predicted molar refractivity (Wildman–Crippen MR) is 107 cm³/mol. The van der Waals surface area contributed by atoms with Gasteiger partial charge < -0.3 is 14.6 Å². The van der Waals surface area contributed by atoms with E-state index in [4.69, 9.17) is 21.1 Å². The first-order valence-electron chi connectivity index (χ1n) is 8.36. The molecule has 1 aromatic rings. The van der Waals surface area contributed by atoms with E-state index in [0.717, 1.165) is 11.8 Å². The molecule has 8 heteroatoms. The van der Waals surface area contributed by atoms with Crippen molar-refractivity contribution >= 4 is 46.4 Å². The molecule has 0 atom stereocenters. The van der Waals surface area contributed by atoms with Crippen molar-refractivity contribution in [1.29, 1.82) is 0 Å². The summed E-state index contributed by atoms with van der Waals surface area (Å²) in [5, 5.41) is 11.1. The molecule has 1 aliphatic heterocycles. The van der Waals surface area contributed by atoms with Crippen molar-refractivity contribution in [3.63, 3.8) is 0 Å². The summed E-state index contributed by atoms with van der Waals surface area (Å²) in [5.41, 5.74) is 0.594. The lowest BCUT2D eigenvalue weighted by Crippen LogP contribution is -2.14. The van der Waals surface area contributed by atoms with Gasteiger partial charge in [0.1, 0.15) is 22.1 Å². The van der Waals surface area contributed by atoms with Crippen LogP contribution in [-0.4, -0.2) is 35.7 Å². The molecule has 1 aliphatic rings. The van der Waals surface area contributed by atoms with Gasteiger partial charge in [0.05, 0.1) is 23.6 Å². The normalized spacial score (nSPS) is 16.9. The third kappa shape index (κ3) is 5.14. The van der Waals surface area contributed by atoms with E-state index in [2.05, 4.69) is 4.99 Å². The van der Waals surface area contributed by atoms with Gasteiger partial charge in [0, 0.05) is 6.42 Å². The predicted octanol–water partition coefficient (Wildman–Crippen LogP) is 4.54. The molecule has 1 N–H and O–H groups in total. The maximum atomic E-state index is 12.2. The van der Waals surface area contributed by atoms with Crippen LogP contribution < -0.4 is 4.74 Å². The molecule has 0 radical (unpaired) electrons. The Balaban J connectivity index is 2.44. The molecule has 0 saturated carbocycles. The van der Waals surface area contributed by atoms with E-state index in [0.29, 0.717) is 27.7 Å². The smallest absolute Gasteiger partial charge is 0.344 e. The number of carbonyl (C=O) groups is 2. The van der Waals surface area contributed by atoms with Crippen LogP contribution in [0.3, 0.4) is 0 Å². The van der Waals surface area contributed by atoms with Gasteiger partial charge in [0.15, 0.2) is 0 Å². The molecule has 1 heterocycles. The molecule has 0 fully saturated rings. The fourth-order valence-corrected chi connectivity index (χ4v) is 3.60. The number of aliphatic hydroxyl groups is 1. The second-order valence-corrected chi connectivity index (χ2v) is 6.95. The van der Waals surface area contributed by atoms with Crippen LogP contribution in [0, 0.1) is 0 Å². The van der Waals surface area contributed by atoms with Crippen molar-refractivity contribution < 1.29 is 24.2 Å². The third-order valence-corrected chi connectivity index (χ3v) is 4.85. The monoisotopic (exact) mass is 409 g/mol. The minimum atomic E-state index is -0.721. The molecule has 0 spiro atoms. The topological polar surface area (TPSA) is 85.2 Å². The van der Waals surface area contributed by atoms with Crippen molar-refractivity contribution in [3.05, 3.63) is 45.0 Å². The van der Waals surface area contributed by atoms with Gasteiger partial charge in [-0.25, -0.2) is 9.79 Å². The number of amides is 1. The Labute approximate surface area is 166 Å². The maximum absolute atomic E-state index is 12.2. The fourth-order valence-electron chi connectivity index (χ4n) is 2.30. The van der Waals surface area contributed by atoms with Gasteiger partial charge in [-0.05, 0) is 37.1 Å². The van der Waals surface area contributed by atoms with E-state index < -0.39 is 5.97 Å². The average Bonchev–Trinajstić information content (AvgIpc) is 2.90. The second-order valence-electron chi connectivity index (χ2n) is 5.51. The molecule has 1 amide bonds. The minimum Gasteiger partial charge on any atom is -0.506 e. The molecule has 2 rings (SSSR count). The van der Waals surface area contributed by atoms with E-state index in [1.807, 2.05) is 6.92 Å². The van der Waals surface area contributed by atoms with Crippen LogP contribution in [0.1, 0.15) is 32.3 Å². The van der Waals surface area contributed by atoms with E-state index in [1.165, 1.54) is 7.11 Å². The van der Waals surface area contributed by atoms with Crippen LogP contribution in [0.25, 0.3) is 6.08 Å². The summed E-state index contributed by atoms with van der Waals surface area (Å²) >= 11 is 7.16. The lowest BCUT2D eigenvalue weighted by molar-refractivity contribution is -0.138. The lowest BCUT2D eigenvalue weighted by atomic mass is 10.1. The van der Waals surface area contributed by atoms with Crippen LogP contribution in [-0.2, 0) is 14.3 Å². The molecule has 0 aliphatic carbocycles. The number of hydrogen-bond donors (Lipinski definition) is 1. The van der Waals surface area contributed by atoms with Crippen molar-refractivity contribution in [3.8, 4) is 5.75 Å². The number of halogens is 1. The highest BCUT2D eigenvalue weighted by molar-refractivity contribution is 8.18. The summed E-state index contributed by atoms with van der Waals surface area (Å²) in [5.74, 6) is -0.823. The van der Waals surface area contributed by atoms with E-state index in [1.54, 1.807) is 31.2 Å². The quantitative estimate of drug-likeness (QED) is 0.694. The van der Waals surface area contributed by atoms with Crippen LogP contribution in [0.5, 0.6) is 5.75 Å². The maximum Gasteiger partial charge on any atom is 0.344 e. The number of rotatable bonds is 6. The summed E-state index contributed by atoms with van der Waals surface area (Å²) in [6.07, 6.45) is 2.54. The van der Waals surface area contributed by atoms with Gasteiger partial charge in [-0.2, -0.15) is 0 Å². The van der Waals surface area contributed by atoms with Crippen molar-refractivity contribution in [2.75, 3.05) is 13.7 Å². The number of hydrogen-bond acceptors (Lipinski definition) is 6. The molecule has 0 aromatic heterocycles. The number of nitrogens with zero attached hydrogens (tertiary/aromatic N) is 1. The first-order valence-corrected chi connectivity index (χ1v) is 9.56. The first-order chi connectivity index (χ1) is 12.9. The number of carbonyl (C=O) groups excluding carboxylic acids is 2. The summed E-state index contributed by atoms with van der Waals surface area (Å²) < 4.78 is 10.1. The van der Waals surface area contributed by atoms with Gasteiger partial charge in [0.2, 0.25) is 5.91 Å². The molecule has 0 bridgehead atoms. The van der Waals surface area contributed by atoms with Crippen LogP contribution >= 0.6 is 23.4 Å². The summed E-state index contributed by atoms with van der Waals surface area (Å²) in [6, 6.07) is 5.12. The Morgan fingerprint density at radius 1 is 1.33 bits per heavy atom. The van der Waals surface area contributed by atoms with Gasteiger partial charge in [-0.15, -0.1) is 0 Å². The highest BCUT2D eigenvalue weighted by Crippen LogP contribution is 2.39. The molecular formula is C19H20ClNO5S. The largest absolute Gasteiger partial charge is 0.506 e. The number of thioether (sulfide) groups is 1. The molecule has 144 valence electrons. The highest BCUT2D eigenvalue weighted by Gasteiger charge is 2.33. The number of methoxy groups -OCH3 is 1. The fraction of sp³-hybridized carbons (Fsp3) is 0.316. The molecule has 6 nitrogen and oxygen atoms in total. The zero-order valence-electron chi connectivity index (χ0n) is 15.2. The molecular weight excluding hydrogens is 390 g/mol. The number of esters is 1. The SMILES string of the molecule is CCCC(=O)N=C1S/C(=C\c2ccc(OC)c(Cl)c2)C(O)=C1C(=O)OCC. The molecule has 1 aromatic carbocycles. The second kappa shape index (κ2) is 9.62. The third-order valence-electron chi connectivity index (χ3n) is 3.53. The van der Waals surface area contributed by atoms with Crippen LogP contribution in [0.4, 0.5) is 0 Å². The van der Waals surface area contributed by atoms with Crippen LogP contribution in [0.2, 0.25) is 5.02 Å². The summed E-state index contributed by atoms with van der Waals surface area (Å²) in [7, 11) is 1.52. The Morgan fingerprint density at radius 3 is 2.67 bits per heavy atom. The van der Waals surface area contributed by atoms with Crippen molar-refractivity contribution in [1.82, 2.24) is 0 Å². The lowest BCUT2D eigenvalue weighted by Gasteiger charge is -2.04. The van der Waals surface area contributed by atoms with E-state index >= 15 is 0 Å². The minimum absolute atomic E-state index is 0.0999. The van der Waals surface area contributed by atoms with Gasteiger partial charge in [0.25, 0.3) is 0 Å². The standard InChI is InChI=1S/C19H20ClNO5S/c1-4-6-15(22)21-18-16(19(24)26-5-2)17(23)14(27-18)10-11-7-8-13(25-3)12(20)9-11/h7-10,23H,4-6H2,1-3H3/b14-10-,21-18?. The van der Waals surface area contributed by atoms with Gasteiger partial charge in [-0.1, -0.05) is 36.4 Å². The molecule has 0 saturated heterocycles. The average molecular weight is 410 g/mol. The van der Waals surface area contributed by atoms with Gasteiger partial charge >= 0.3 is 5.97 Å². The Kier molecular flexibility index (Phi) is 7.50.